The summed E-state index contributed by atoms with van der Waals surface area (Å²) in [5, 5.41) is 6.42. The Morgan fingerprint density at radius 3 is 2.55 bits per heavy atom. The van der Waals surface area contributed by atoms with Gasteiger partial charge in [0.05, 0.1) is 37.2 Å². The number of fused-ring (bicyclic) bond motifs is 5. The molecule has 6 aliphatic rings. The summed E-state index contributed by atoms with van der Waals surface area (Å²) in [6, 6.07) is 4.87. The monoisotopic (exact) mass is 931 g/mol. The Balaban J connectivity index is 1.24. The molecule has 16 heteroatoms. The highest BCUT2D eigenvalue weighted by Crippen LogP contribution is 2.51. The predicted octanol–water partition coefficient (Wildman–Crippen LogP) is 5.50. The van der Waals surface area contributed by atoms with E-state index in [9.17, 15) is 14.4 Å². The molecule has 362 valence electrons. The van der Waals surface area contributed by atoms with Crippen LogP contribution in [0.15, 0.2) is 33.9 Å². The number of hydrogen-bond acceptors (Lipinski definition) is 13. The minimum Gasteiger partial charge on any atom is -0.464 e. The lowest BCUT2D eigenvalue weighted by atomic mass is 9.93. The van der Waals surface area contributed by atoms with E-state index in [-0.39, 0.29) is 71.9 Å². The standard InChI is InChI=1S/C50H74N8O7S/c1-10-63-45-44(53-46(59)43-32(5)33(43)6)48(60)58-17-11-12-38(54-58)49(61)65-29-50(15-16-50)26-37-36-24-35(40-28-66-47(45)52-40)13-14-41(36)57(22-23-64-30(2)3)42(37)25-39(34(7)62-9)51-27-31(4)56-20-18-55(8)19-21-56/h13-14,24-25,27,30-34,38,40,43-45,54H,10-12,15-23,26,28-29H2,1-9H3,(H,53,59)/b39-25+,51-27?/t31?,32-,33+,34-,38-,40?,43?,44-,45-/m0/s1. The highest BCUT2D eigenvalue weighted by Gasteiger charge is 2.51. The minimum atomic E-state index is -1.04. The van der Waals surface area contributed by atoms with E-state index in [1.165, 1.54) is 10.6 Å². The molecule has 1 aromatic carbocycles. The van der Waals surface area contributed by atoms with E-state index in [0.29, 0.717) is 56.4 Å². The normalized spacial score (nSPS) is 29.6. The first-order chi connectivity index (χ1) is 31.7. The molecule has 15 nitrogen and oxygen atoms in total. The van der Waals surface area contributed by atoms with Gasteiger partial charge in [-0.05, 0) is 115 Å². The molecule has 5 heterocycles. The summed E-state index contributed by atoms with van der Waals surface area (Å²) in [7, 11) is 3.90. The summed E-state index contributed by atoms with van der Waals surface area (Å²) >= 11 is 1.58. The van der Waals surface area contributed by atoms with Crippen LogP contribution in [0.1, 0.15) is 97.0 Å². The molecule has 6 bridgehead atoms. The van der Waals surface area contributed by atoms with E-state index in [1.54, 1.807) is 18.9 Å². The SMILES string of the molecule is CCO[C@@H]1C2=NC(CS2)c2ccc3c(c2)c(c(/C=C(/N=CC(C)N2CCN(C)CC2)[C@H](C)OC)n3CCOC(C)C)CC2(CC2)COC(=O)[C@@H]2CCCN(N2)C(=O)[C@H]1NC(=O)C1[C@@H](C)[C@H]1C. The first-order valence-electron chi connectivity index (χ1n) is 24.5. The zero-order chi connectivity index (χ0) is 46.9. The van der Waals surface area contributed by atoms with E-state index < -0.39 is 18.2 Å². The number of hydrazine groups is 1. The van der Waals surface area contributed by atoms with Crippen molar-refractivity contribution in [1.29, 1.82) is 0 Å². The number of nitrogens with zero attached hydrogens (tertiary/aromatic N) is 6. The van der Waals surface area contributed by atoms with Crippen molar-refractivity contribution >= 4 is 57.8 Å². The molecule has 1 aromatic heterocycles. The number of rotatable bonds is 14. The molecule has 0 radical (unpaired) electrons. The van der Waals surface area contributed by atoms with Crippen molar-refractivity contribution in [3.63, 3.8) is 0 Å². The topological polar surface area (TPSA) is 152 Å². The van der Waals surface area contributed by atoms with Gasteiger partial charge >= 0.3 is 5.97 Å². The van der Waals surface area contributed by atoms with Crippen molar-refractivity contribution < 1.29 is 33.3 Å². The van der Waals surface area contributed by atoms with Crippen LogP contribution in [0.5, 0.6) is 0 Å². The van der Waals surface area contributed by atoms with Crippen LogP contribution in [-0.2, 0) is 46.3 Å². The van der Waals surface area contributed by atoms with Crippen LogP contribution in [0.3, 0.4) is 0 Å². The minimum absolute atomic E-state index is 0.0734. The van der Waals surface area contributed by atoms with Crippen LogP contribution in [-0.4, -0.2) is 157 Å². The summed E-state index contributed by atoms with van der Waals surface area (Å²) in [5.41, 5.74) is 8.16. The molecule has 3 unspecified atom stereocenters. The third-order valence-electron chi connectivity index (χ3n) is 15.0. The summed E-state index contributed by atoms with van der Waals surface area (Å²) in [5.74, 6) is 0.0445. The van der Waals surface area contributed by atoms with Gasteiger partial charge in [0.25, 0.3) is 5.91 Å². The quantitative estimate of drug-likeness (QED) is 0.183. The molecule has 1 spiro atoms. The average Bonchev–Trinajstić information content (AvgIpc) is 4.09. The molecule has 8 rings (SSSR count). The van der Waals surface area contributed by atoms with Gasteiger partial charge < -0.3 is 33.7 Å². The molecule has 4 aliphatic heterocycles. The lowest BCUT2D eigenvalue weighted by Gasteiger charge is -2.37. The van der Waals surface area contributed by atoms with Crippen molar-refractivity contribution in [2.75, 3.05) is 72.5 Å². The van der Waals surface area contributed by atoms with E-state index in [2.05, 4.69) is 97.3 Å². The number of hydrogen-bond donors (Lipinski definition) is 2. The summed E-state index contributed by atoms with van der Waals surface area (Å²) < 4.78 is 27.2. The van der Waals surface area contributed by atoms with Crippen molar-refractivity contribution in [2.24, 2.45) is 33.2 Å². The van der Waals surface area contributed by atoms with Crippen molar-refractivity contribution in [2.45, 2.75) is 130 Å². The van der Waals surface area contributed by atoms with Crippen LogP contribution in [0.25, 0.3) is 17.0 Å². The van der Waals surface area contributed by atoms with E-state index in [1.807, 2.05) is 13.8 Å². The number of carbonyl (C=O) groups is 3. The number of likely N-dealkylation sites (N-methyl/N-ethyl adjacent to an activating group) is 1. The van der Waals surface area contributed by atoms with Gasteiger partial charge in [0.1, 0.15) is 23.2 Å². The second-order valence-electron chi connectivity index (χ2n) is 20.0. The fourth-order valence-corrected chi connectivity index (χ4v) is 11.2. The fourth-order valence-electron chi connectivity index (χ4n) is 10.1. The number of carbonyl (C=O) groups excluding carboxylic acids is 3. The largest absolute Gasteiger partial charge is 0.464 e. The maximum absolute atomic E-state index is 14.7. The van der Waals surface area contributed by atoms with Crippen LogP contribution in [0.2, 0.25) is 0 Å². The van der Waals surface area contributed by atoms with Gasteiger partial charge in [0.15, 0.2) is 0 Å². The highest BCUT2D eigenvalue weighted by molar-refractivity contribution is 8.14. The van der Waals surface area contributed by atoms with Gasteiger partial charge in [-0.25, -0.2) is 5.43 Å². The lowest BCUT2D eigenvalue weighted by molar-refractivity contribution is -0.155. The Morgan fingerprint density at radius 1 is 1.11 bits per heavy atom. The Bertz CT molecular complexity index is 2170. The van der Waals surface area contributed by atoms with Crippen molar-refractivity contribution in [3.8, 4) is 0 Å². The van der Waals surface area contributed by atoms with Crippen molar-refractivity contribution in [3.05, 3.63) is 40.7 Å². The molecule has 4 fully saturated rings. The molecule has 2 N–H and O–H groups in total. The maximum Gasteiger partial charge on any atom is 0.324 e. The predicted molar refractivity (Wildman–Crippen MR) is 260 cm³/mol. The summed E-state index contributed by atoms with van der Waals surface area (Å²) in [6.45, 7) is 20.6. The Kier molecular flexibility index (Phi) is 15.5. The van der Waals surface area contributed by atoms with E-state index in [0.717, 1.165) is 66.9 Å². The number of cyclic esters (lactones) is 1. The van der Waals surface area contributed by atoms with Gasteiger partial charge in [-0.1, -0.05) is 19.9 Å². The molecule has 9 atom stereocenters. The first kappa shape index (κ1) is 48.8. The number of thioether (sulfide) groups is 1. The third-order valence-corrected chi connectivity index (χ3v) is 16.1. The zero-order valence-corrected chi connectivity index (χ0v) is 41.5. The fraction of sp³-hybridized carbons (Fsp3) is 0.700. The molecule has 2 aromatic rings. The molecule has 2 amide bonds. The molecule has 2 aliphatic carbocycles. The first-order valence-corrected chi connectivity index (χ1v) is 25.5. The number of piperazine rings is 1. The van der Waals surface area contributed by atoms with Crippen LogP contribution in [0.4, 0.5) is 0 Å². The Hall–Kier alpha value is -3.64. The van der Waals surface area contributed by atoms with E-state index in [4.69, 9.17) is 28.9 Å². The second-order valence-corrected chi connectivity index (χ2v) is 21.1. The Morgan fingerprint density at radius 2 is 1.86 bits per heavy atom. The van der Waals surface area contributed by atoms with Gasteiger partial charge in [-0.2, -0.15) is 0 Å². The van der Waals surface area contributed by atoms with Crippen molar-refractivity contribution in [1.82, 2.24) is 30.1 Å². The summed E-state index contributed by atoms with van der Waals surface area (Å²) in [4.78, 5) is 57.9. The smallest absolute Gasteiger partial charge is 0.324 e. The van der Waals surface area contributed by atoms with Gasteiger partial charge in [-0.15, -0.1) is 11.8 Å². The van der Waals surface area contributed by atoms with Gasteiger partial charge in [0.2, 0.25) is 5.91 Å². The average molecular weight is 931 g/mol. The number of aromatic nitrogens is 1. The van der Waals surface area contributed by atoms with Crippen LogP contribution < -0.4 is 10.7 Å². The Labute approximate surface area is 395 Å². The number of methoxy groups -OCH3 is 1. The number of aliphatic imine (C=N–C) groups is 2. The molecular formula is C50H74N8O7S. The zero-order valence-electron chi connectivity index (χ0n) is 40.7. The van der Waals surface area contributed by atoms with Crippen LogP contribution in [0, 0.1) is 23.2 Å². The van der Waals surface area contributed by atoms with E-state index >= 15 is 0 Å². The molecule has 2 saturated heterocycles. The maximum atomic E-state index is 14.7. The highest BCUT2D eigenvalue weighted by atomic mass is 32.2. The van der Waals surface area contributed by atoms with Gasteiger partial charge in [0, 0.05) is 98.9 Å². The third kappa shape index (κ3) is 10.8. The number of nitrogens with one attached hydrogen (secondary N) is 2. The lowest BCUT2D eigenvalue weighted by Crippen LogP contribution is -2.63. The number of amides is 2. The number of ether oxygens (including phenoxy) is 4. The van der Waals surface area contributed by atoms with Gasteiger partial charge in [-0.3, -0.25) is 34.3 Å². The molecular weight excluding hydrogens is 857 g/mol. The summed E-state index contributed by atoms with van der Waals surface area (Å²) in [6.07, 6.45) is 6.93. The molecule has 2 saturated carbocycles. The second kappa shape index (κ2) is 20.9. The number of esters is 1. The van der Waals surface area contributed by atoms with Crippen LogP contribution >= 0.6 is 11.8 Å². The molecule has 66 heavy (non-hydrogen) atoms. The number of benzene rings is 1.